The Morgan fingerprint density at radius 3 is 1.47 bits per heavy atom. The normalized spacial score (nSPS) is 12.6. The summed E-state index contributed by atoms with van der Waals surface area (Å²) in [5.74, 6) is -1.05. The molecule has 0 fully saturated rings. The molecule has 0 heterocycles. The van der Waals surface area contributed by atoms with Gasteiger partial charge < -0.3 is 0 Å². The summed E-state index contributed by atoms with van der Waals surface area (Å²) >= 11 is 0. The second-order valence-electron chi connectivity index (χ2n) is 4.78. The number of benzene rings is 1. The van der Waals surface area contributed by atoms with Crippen LogP contribution in [0.3, 0.4) is 0 Å². The monoisotopic (exact) mass is 248 g/mol. The number of halogens is 4. The minimum atomic E-state index is -4.43. The van der Waals surface area contributed by atoms with Crippen molar-refractivity contribution in [3.8, 4) is 0 Å². The van der Waals surface area contributed by atoms with Crippen LogP contribution in [0.5, 0.6) is 0 Å². The van der Waals surface area contributed by atoms with Crippen molar-refractivity contribution >= 4 is 0 Å². The van der Waals surface area contributed by atoms with Crippen molar-refractivity contribution in [1.29, 1.82) is 0 Å². The summed E-state index contributed by atoms with van der Waals surface area (Å²) in [4.78, 5) is 0. The molecule has 0 aromatic heterocycles. The maximum Gasteiger partial charge on any atom is 0.416 e. The predicted molar refractivity (Wildman–Crippen MR) is 59.6 cm³/mol. The van der Waals surface area contributed by atoms with Crippen molar-refractivity contribution in [1.82, 2.24) is 0 Å². The summed E-state index contributed by atoms with van der Waals surface area (Å²) in [7, 11) is 0. The van der Waals surface area contributed by atoms with Crippen molar-refractivity contribution < 1.29 is 17.6 Å². The molecule has 0 spiro atoms. The van der Waals surface area contributed by atoms with E-state index in [4.69, 9.17) is 0 Å². The van der Waals surface area contributed by atoms with E-state index in [-0.39, 0.29) is 23.0 Å². The number of hydrogen-bond acceptors (Lipinski definition) is 0. The zero-order chi connectivity index (χ0) is 13.4. The Hall–Kier alpha value is -1.06. The topological polar surface area (TPSA) is 0 Å². The highest BCUT2D eigenvalue weighted by atomic mass is 19.4. The maximum atomic E-state index is 14.0. The van der Waals surface area contributed by atoms with Crippen molar-refractivity contribution in [2.75, 3.05) is 0 Å². The summed E-state index contributed by atoms with van der Waals surface area (Å²) < 4.78 is 52.0. The number of rotatable bonds is 2. The zero-order valence-electron chi connectivity index (χ0n) is 10.3. The maximum absolute atomic E-state index is 14.0. The molecule has 96 valence electrons. The molecule has 0 bridgehead atoms. The van der Waals surface area contributed by atoms with Gasteiger partial charge in [-0.05, 0) is 35.1 Å². The van der Waals surface area contributed by atoms with E-state index >= 15 is 0 Å². The molecule has 0 radical (unpaired) electrons. The van der Waals surface area contributed by atoms with Crippen molar-refractivity contribution in [3.63, 3.8) is 0 Å². The Morgan fingerprint density at radius 2 is 1.24 bits per heavy atom. The standard InChI is InChI=1S/C13H16F4/c1-7(2)10-5-9(13(15,16)17)6-11(8(3)4)12(10)14/h5-8H,1-4H3. The highest BCUT2D eigenvalue weighted by Gasteiger charge is 2.33. The summed E-state index contributed by atoms with van der Waals surface area (Å²) in [5.41, 5.74) is -0.515. The molecule has 0 aliphatic heterocycles. The lowest BCUT2D eigenvalue weighted by atomic mass is 9.92. The quantitative estimate of drug-likeness (QED) is 0.639. The van der Waals surface area contributed by atoms with Crippen LogP contribution >= 0.6 is 0 Å². The molecule has 0 saturated heterocycles. The Labute approximate surface area is 98.6 Å². The van der Waals surface area contributed by atoms with E-state index in [0.29, 0.717) is 0 Å². The SMILES string of the molecule is CC(C)c1cc(C(F)(F)F)cc(C(C)C)c1F. The first-order valence-corrected chi connectivity index (χ1v) is 5.55. The lowest BCUT2D eigenvalue weighted by molar-refractivity contribution is -0.137. The van der Waals surface area contributed by atoms with E-state index in [9.17, 15) is 17.6 Å². The highest BCUT2D eigenvalue weighted by Crippen LogP contribution is 2.35. The summed E-state index contributed by atoms with van der Waals surface area (Å²) in [6.07, 6.45) is -4.43. The first-order chi connectivity index (χ1) is 7.64. The van der Waals surface area contributed by atoms with Crippen LogP contribution in [0.2, 0.25) is 0 Å². The van der Waals surface area contributed by atoms with E-state index < -0.39 is 17.6 Å². The zero-order valence-corrected chi connectivity index (χ0v) is 10.3. The van der Waals surface area contributed by atoms with E-state index in [1.54, 1.807) is 27.7 Å². The van der Waals surface area contributed by atoms with Gasteiger partial charge in [-0.2, -0.15) is 13.2 Å². The van der Waals surface area contributed by atoms with Crippen LogP contribution < -0.4 is 0 Å². The minimum Gasteiger partial charge on any atom is -0.206 e. The van der Waals surface area contributed by atoms with Gasteiger partial charge in [0, 0.05) is 0 Å². The van der Waals surface area contributed by atoms with Crippen LogP contribution in [0, 0.1) is 5.82 Å². The van der Waals surface area contributed by atoms with Gasteiger partial charge in [0.15, 0.2) is 0 Å². The molecule has 1 rings (SSSR count). The van der Waals surface area contributed by atoms with Gasteiger partial charge in [0.05, 0.1) is 5.56 Å². The Kier molecular flexibility index (Phi) is 3.84. The second-order valence-corrected chi connectivity index (χ2v) is 4.78. The van der Waals surface area contributed by atoms with Gasteiger partial charge in [-0.3, -0.25) is 0 Å². The fourth-order valence-electron chi connectivity index (χ4n) is 1.67. The molecular formula is C13H16F4. The fraction of sp³-hybridized carbons (Fsp3) is 0.538. The summed E-state index contributed by atoms with van der Waals surface area (Å²) in [5, 5.41) is 0. The lowest BCUT2D eigenvalue weighted by Crippen LogP contribution is -2.10. The molecule has 0 nitrogen and oxygen atoms in total. The molecule has 1 aromatic carbocycles. The van der Waals surface area contributed by atoms with Gasteiger partial charge >= 0.3 is 6.18 Å². The van der Waals surface area contributed by atoms with E-state index in [1.807, 2.05) is 0 Å². The van der Waals surface area contributed by atoms with Gasteiger partial charge in [-0.15, -0.1) is 0 Å². The Balaban J connectivity index is 3.48. The molecule has 4 heteroatoms. The van der Waals surface area contributed by atoms with Gasteiger partial charge in [0.2, 0.25) is 0 Å². The smallest absolute Gasteiger partial charge is 0.206 e. The highest BCUT2D eigenvalue weighted by molar-refractivity contribution is 5.36. The third-order valence-electron chi connectivity index (χ3n) is 2.70. The number of alkyl halides is 3. The molecule has 1 aromatic rings. The second kappa shape index (κ2) is 4.67. The Morgan fingerprint density at radius 1 is 0.882 bits per heavy atom. The molecular weight excluding hydrogens is 232 g/mol. The molecule has 0 amide bonds. The third-order valence-corrected chi connectivity index (χ3v) is 2.70. The van der Waals surface area contributed by atoms with Crippen molar-refractivity contribution in [2.24, 2.45) is 0 Å². The van der Waals surface area contributed by atoms with E-state index in [2.05, 4.69) is 0 Å². The number of hydrogen-bond donors (Lipinski definition) is 0. The van der Waals surface area contributed by atoms with Crippen LogP contribution in [-0.2, 0) is 6.18 Å². The molecule has 0 aliphatic carbocycles. The van der Waals surface area contributed by atoms with Crippen molar-refractivity contribution in [3.05, 3.63) is 34.6 Å². The van der Waals surface area contributed by atoms with Gasteiger partial charge in [0.1, 0.15) is 5.82 Å². The molecule has 0 aliphatic rings. The molecule has 0 N–H and O–H groups in total. The minimum absolute atomic E-state index is 0.128. The van der Waals surface area contributed by atoms with Crippen LogP contribution in [-0.4, -0.2) is 0 Å². The third kappa shape index (κ3) is 2.99. The van der Waals surface area contributed by atoms with Gasteiger partial charge in [-0.25, -0.2) is 4.39 Å². The average Bonchev–Trinajstić information content (AvgIpc) is 2.14. The van der Waals surface area contributed by atoms with E-state index in [0.717, 1.165) is 12.1 Å². The van der Waals surface area contributed by atoms with Crippen LogP contribution in [0.1, 0.15) is 56.2 Å². The molecule has 0 unspecified atom stereocenters. The summed E-state index contributed by atoms with van der Waals surface area (Å²) in [6.45, 7) is 6.73. The first kappa shape index (κ1) is 14.0. The van der Waals surface area contributed by atoms with Crippen LogP contribution in [0.4, 0.5) is 17.6 Å². The van der Waals surface area contributed by atoms with Gasteiger partial charge in [0.25, 0.3) is 0 Å². The van der Waals surface area contributed by atoms with Crippen LogP contribution in [0.25, 0.3) is 0 Å². The largest absolute Gasteiger partial charge is 0.416 e. The predicted octanol–water partition coefficient (Wildman–Crippen LogP) is 5.09. The molecule has 17 heavy (non-hydrogen) atoms. The molecule has 0 atom stereocenters. The van der Waals surface area contributed by atoms with Gasteiger partial charge in [-0.1, -0.05) is 27.7 Å². The first-order valence-electron chi connectivity index (χ1n) is 5.55. The Bertz CT molecular complexity index is 373. The lowest BCUT2D eigenvalue weighted by Gasteiger charge is -2.17. The fourth-order valence-corrected chi connectivity index (χ4v) is 1.67. The summed E-state index contributed by atoms with van der Waals surface area (Å²) in [6, 6.07) is 1.82. The molecule has 0 saturated carbocycles. The van der Waals surface area contributed by atoms with Crippen molar-refractivity contribution in [2.45, 2.75) is 45.7 Å². The average molecular weight is 248 g/mol. The van der Waals surface area contributed by atoms with E-state index in [1.165, 1.54) is 0 Å². The van der Waals surface area contributed by atoms with Crippen LogP contribution in [0.15, 0.2) is 12.1 Å².